The number of rotatable bonds is 2. The molecule has 3 rings (SSSR count). The maximum atomic E-state index is 11.5. The second-order valence-corrected chi connectivity index (χ2v) is 6.96. The first-order valence-corrected chi connectivity index (χ1v) is 8.48. The van der Waals surface area contributed by atoms with Crippen molar-refractivity contribution in [3.05, 3.63) is 18.2 Å². The highest BCUT2D eigenvalue weighted by molar-refractivity contribution is 7.88. The van der Waals surface area contributed by atoms with E-state index in [9.17, 15) is 8.42 Å². The lowest BCUT2D eigenvalue weighted by Gasteiger charge is -2.35. The van der Waals surface area contributed by atoms with Crippen molar-refractivity contribution in [2.24, 2.45) is 0 Å². The predicted octanol–water partition coefficient (Wildman–Crippen LogP) is 0.539. The average molecular weight is 298 g/mol. The van der Waals surface area contributed by atoms with E-state index in [1.807, 2.05) is 18.2 Å². The standard InChI is InChI=1S/C13H18N2O4S/c1-20(16,17)15-6-4-14(5-7-15)11-2-3-12-13(10-11)19-9-8-18-12/h2-3,10H,4-9H2,1H3. The molecule has 1 saturated heterocycles. The van der Waals surface area contributed by atoms with Gasteiger partial charge in [-0.1, -0.05) is 0 Å². The molecule has 2 aliphatic rings. The van der Waals surface area contributed by atoms with Gasteiger partial charge in [-0.3, -0.25) is 0 Å². The topological polar surface area (TPSA) is 59.1 Å². The Hall–Kier alpha value is -1.47. The summed E-state index contributed by atoms with van der Waals surface area (Å²) in [5, 5.41) is 0. The van der Waals surface area contributed by atoms with E-state index in [1.165, 1.54) is 10.6 Å². The summed E-state index contributed by atoms with van der Waals surface area (Å²) >= 11 is 0. The summed E-state index contributed by atoms with van der Waals surface area (Å²) in [4.78, 5) is 2.17. The Labute approximate surface area is 118 Å². The van der Waals surface area contributed by atoms with E-state index in [4.69, 9.17) is 9.47 Å². The van der Waals surface area contributed by atoms with Crippen molar-refractivity contribution >= 4 is 15.7 Å². The monoisotopic (exact) mass is 298 g/mol. The first-order valence-electron chi connectivity index (χ1n) is 6.64. The summed E-state index contributed by atoms with van der Waals surface area (Å²) in [6.45, 7) is 3.57. The third-order valence-electron chi connectivity index (χ3n) is 3.60. The lowest BCUT2D eigenvalue weighted by molar-refractivity contribution is 0.171. The Bertz CT molecular complexity index is 594. The molecule has 0 radical (unpaired) electrons. The molecule has 0 saturated carbocycles. The van der Waals surface area contributed by atoms with E-state index < -0.39 is 10.0 Å². The van der Waals surface area contributed by atoms with Gasteiger partial charge >= 0.3 is 0 Å². The number of piperazine rings is 1. The van der Waals surface area contributed by atoms with Gasteiger partial charge in [0.25, 0.3) is 0 Å². The Balaban J connectivity index is 1.72. The van der Waals surface area contributed by atoms with Crippen molar-refractivity contribution in [3.63, 3.8) is 0 Å². The van der Waals surface area contributed by atoms with Crippen LogP contribution in [-0.4, -0.2) is 58.4 Å². The van der Waals surface area contributed by atoms with Crippen LogP contribution in [0.4, 0.5) is 5.69 Å². The maximum absolute atomic E-state index is 11.5. The molecule has 20 heavy (non-hydrogen) atoms. The number of hydrogen-bond acceptors (Lipinski definition) is 5. The van der Waals surface area contributed by atoms with Gasteiger partial charge in [0.1, 0.15) is 13.2 Å². The molecular weight excluding hydrogens is 280 g/mol. The van der Waals surface area contributed by atoms with E-state index in [0.717, 1.165) is 17.2 Å². The molecule has 2 heterocycles. The molecule has 0 amide bonds. The third-order valence-corrected chi connectivity index (χ3v) is 4.90. The number of fused-ring (bicyclic) bond motifs is 1. The Morgan fingerprint density at radius 3 is 2.30 bits per heavy atom. The minimum Gasteiger partial charge on any atom is -0.486 e. The molecular formula is C13H18N2O4S. The summed E-state index contributed by atoms with van der Waals surface area (Å²) in [7, 11) is -3.08. The van der Waals surface area contributed by atoms with Gasteiger partial charge in [0.05, 0.1) is 6.26 Å². The van der Waals surface area contributed by atoms with E-state index in [-0.39, 0.29) is 0 Å². The van der Waals surface area contributed by atoms with Crippen LogP contribution in [0.3, 0.4) is 0 Å². The number of ether oxygens (including phenoxy) is 2. The average Bonchev–Trinajstić information content (AvgIpc) is 2.46. The molecule has 0 unspecified atom stereocenters. The van der Waals surface area contributed by atoms with E-state index in [2.05, 4.69) is 4.90 Å². The van der Waals surface area contributed by atoms with Crippen LogP contribution in [0.25, 0.3) is 0 Å². The lowest BCUT2D eigenvalue weighted by atomic mass is 10.2. The number of benzene rings is 1. The zero-order valence-corrected chi connectivity index (χ0v) is 12.2. The fourth-order valence-electron chi connectivity index (χ4n) is 2.51. The lowest BCUT2D eigenvalue weighted by Crippen LogP contribution is -2.48. The summed E-state index contributed by atoms with van der Waals surface area (Å²) in [5.41, 5.74) is 1.04. The SMILES string of the molecule is CS(=O)(=O)N1CCN(c2ccc3c(c2)OCCO3)CC1. The smallest absolute Gasteiger partial charge is 0.211 e. The summed E-state index contributed by atoms with van der Waals surface area (Å²) < 4.78 is 35.6. The van der Waals surface area contributed by atoms with Crippen molar-refractivity contribution in [3.8, 4) is 11.5 Å². The molecule has 0 spiro atoms. The predicted molar refractivity (Wildman–Crippen MR) is 76.1 cm³/mol. The van der Waals surface area contributed by atoms with Gasteiger partial charge in [-0.05, 0) is 12.1 Å². The molecule has 2 aliphatic heterocycles. The minimum atomic E-state index is -3.08. The molecule has 0 bridgehead atoms. The van der Waals surface area contributed by atoms with Gasteiger partial charge in [0, 0.05) is 37.9 Å². The molecule has 1 fully saturated rings. The zero-order valence-electron chi connectivity index (χ0n) is 11.4. The van der Waals surface area contributed by atoms with E-state index in [1.54, 1.807) is 0 Å². The highest BCUT2D eigenvalue weighted by atomic mass is 32.2. The molecule has 110 valence electrons. The van der Waals surface area contributed by atoms with Crippen molar-refractivity contribution in [1.29, 1.82) is 0 Å². The second kappa shape index (κ2) is 5.14. The number of sulfonamides is 1. The van der Waals surface area contributed by atoms with Crippen molar-refractivity contribution in [2.75, 3.05) is 50.5 Å². The van der Waals surface area contributed by atoms with E-state index in [0.29, 0.717) is 39.4 Å². The van der Waals surface area contributed by atoms with Gasteiger partial charge in [0.2, 0.25) is 10.0 Å². The van der Waals surface area contributed by atoms with Crippen LogP contribution in [0.15, 0.2) is 18.2 Å². The van der Waals surface area contributed by atoms with E-state index >= 15 is 0 Å². The highest BCUT2D eigenvalue weighted by Crippen LogP contribution is 2.34. The second-order valence-electron chi connectivity index (χ2n) is 4.98. The molecule has 0 aliphatic carbocycles. The van der Waals surface area contributed by atoms with Crippen LogP contribution in [0, 0.1) is 0 Å². The fourth-order valence-corrected chi connectivity index (χ4v) is 3.33. The molecule has 0 aromatic heterocycles. The molecule has 1 aromatic carbocycles. The molecule has 1 aromatic rings. The first kappa shape index (κ1) is 13.5. The summed E-state index contributed by atoms with van der Waals surface area (Å²) in [6.07, 6.45) is 1.26. The normalized spacial score (nSPS) is 19.9. The van der Waals surface area contributed by atoms with Crippen molar-refractivity contribution in [2.45, 2.75) is 0 Å². The Morgan fingerprint density at radius 1 is 1.00 bits per heavy atom. The van der Waals surface area contributed by atoms with Crippen molar-refractivity contribution < 1.29 is 17.9 Å². The molecule has 7 heteroatoms. The summed E-state index contributed by atoms with van der Waals surface area (Å²) in [6, 6.07) is 5.86. The van der Waals surface area contributed by atoms with Crippen LogP contribution < -0.4 is 14.4 Å². The maximum Gasteiger partial charge on any atom is 0.211 e. The summed E-state index contributed by atoms with van der Waals surface area (Å²) in [5.74, 6) is 1.54. The van der Waals surface area contributed by atoms with Crippen LogP contribution in [0.1, 0.15) is 0 Å². The largest absolute Gasteiger partial charge is 0.486 e. The van der Waals surface area contributed by atoms with Crippen LogP contribution >= 0.6 is 0 Å². The Kier molecular flexibility index (Phi) is 3.47. The first-order chi connectivity index (χ1) is 9.54. The Morgan fingerprint density at radius 2 is 1.65 bits per heavy atom. The van der Waals surface area contributed by atoms with Crippen LogP contribution in [-0.2, 0) is 10.0 Å². The van der Waals surface area contributed by atoms with Gasteiger partial charge in [-0.2, -0.15) is 4.31 Å². The van der Waals surface area contributed by atoms with Gasteiger partial charge in [-0.15, -0.1) is 0 Å². The zero-order chi connectivity index (χ0) is 14.2. The van der Waals surface area contributed by atoms with Gasteiger partial charge in [0.15, 0.2) is 11.5 Å². The third kappa shape index (κ3) is 2.69. The number of hydrogen-bond donors (Lipinski definition) is 0. The number of nitrogens with zero attached hydrogens (tertiary/aromatic N) is 2. The molecule has 6 nitrogen and oxygen atoms in total. The van der Waals surface area contributed by atoms with Crippen LogP contribution in [0.5, 0.6) is 11.5 Å². The molecule has 0 atom stereocenters. The quantitative estimate of drug-likeness (QED) is 0.797. The minimum absolute atomic E-state index is 0.521. The fraction of sp³-hybridized carbons (Fsp3) is 0.538. The van der Waals surface area contributed by atoms with Crippen molar-refractivity contribution in [1.82, 2.24) is 4.31 Å². The van der Waals surface area contributed by atoms with Crippen LogP contribution in [0.2, 0.25) is 0 Å². The highest BCUT2D eigenvalue weighted by Gasteiger charge is 2.24. The molecule has 0 N–H and O–H groups in total. The number of anilines is 1. The van der Waals surface area contributed by atoms with Gasteiger partial charge in [-0.25, -0.2) is 8.42 Å². The van der Waals surface area contributed by atoms with Gasteiger partial charge < -0.3 is 14.4 Å².